The Kier molecular flexibility index (Phi) is 9.18. The number of carbonyl (C=O) groups is 1. The zero-order valence-corrected chi connectivity index (χ0v) is 13.8. The maximum atomic E-state index is 11.9. The second kappa shape index (κ2) is 11.3. The molecule has 1 N–H and O–H groups in total. The van der Waals surface area contributed by atoms with Crippen molar-refractivity contribution in [3.63, 3.8) is 0 Å². The van der Waals surface area contributed by atoms with E-state index < -0.39 is 0 Å². The Hall–Kier alpha value is -2.32. The normalized spacial score (nSPS) is 10.9. The first-order valence-electron chi connectivity index (χ1n) is 7.83. The molecule has 0 spiro atoms. The number of carbonyl (C=O) groups excluding carboxylic acids is 1. The van der Waals surface area contributed by atoms with Crippen LogP contribution in [0, 0.1) is 11.3 Å². The number of amides is 1. The van der Waals surface area contributed by atoms with Crippen LogP contribution >= 0.6 is 0 Å². The van der Waals surface area contributed by atoms with Crippen molar-refractivity contribution in [1.82, 2.24) is 5.32 Å². The molecule has 1 aromatic rings. The van der Waals surface area contributed by atoms with Crippen molar-refractivity contribution in [3.8, 4) is 11.8 Å². The summed E-state index contributed by atoms with van der Waals surface area (Å²) in [5.41, 5.74) is 0.874. The Balaban J connectivity index is 2.59. The molecule has 1 rings (SSSR count). The lowest BCUT2D eigenvalue weighted by Gasteiger charge is -2.06. The summed E-state index contributed by atoms with van der Waals surface area (Å²) in [5, 5.41) is 11.8. The number of nitrogens with one attached hydrogen (secondary N) is 1. The van der Waals surface area contributed by atoms with Crippen molar-refractivity contribution in [2.45, 2.75) is 26.2 Å². The van der Waals surface area contributed by atoms with E-state index in [0.29, 0.717) is 26.2 Å². The third-order valence-electron chi connectivity index (χ3n) is 3.13. The first-order valence-corrected chi connectivity index (χ1v) is 7.83. The van der Waals surface area contributed by atoms with Gasteiger partial charge in [0.05, 0.1) is 6.61 Å². The molecule has 0 heterocycles. The van der Waals surface area contributed by atoms with Gasteiger partial charge in [-0.25, -0.2) is 0 Å². The SMILES string of the molecule is CCCCOc1ccc(/C=C(\C#N)C(=O)NCCCOC)cc1. The molecule has 0 saturated heterocycles. The quantitative estimate of drug-likeness (QED) is 0.409. The van der Waals surface area contributed by atoms with E-state index in [1.54, 1.807) is 13.2 Å². The number of nitrogens with zero attached hydrogens (tertiary/aromatic N) is 1. The van der Waals surface area contributed by atoms with Crippen LogP contribution in [0.25, 0.3) is 6.08 Å². The highest BCUT2D eigenvalue weighted by molar-refractivity contribution is 6.01. The van der Waals surface area contributed by atoms with E-state index in [4.69, 9.17) is 14.7 Å². The van der Waals surface area contributed by atoms with Gasteiger partial charge in [0.1, 0.15) is 17.4 Å². The smallest absolute Gasteiger partial charge is 0.261 e. The number of hydrogen-bond acceptors (Lipinski definition) is 4. The van der Waals surface area contributed by atoms with Crippen molar-refractivity contribution >= 4 is 12.0 Å². The molecule has 1 aromatic carbocycles. The molecule has 5 heteroatoms. The average molecular weight is 316 g/mol. The summed E-state index contributed by atoms with van der Waals surface area (Å²) in [6.07, 6.45) is 4.39. The molecule has 0 aliphatic rings. The van der Waals surface area contributed by atoms with E-state index in [1.807, 2.05) is 30.3 Å². The number of ether oxygens (including phenoxy) is 2. The molecule has 124 valence electrons. The van der Waals surface area contributed by atoms with E-state index in [1.165, 1.54) is 0 Å². The Morgan fingerprint density at radius 1 is 1.26 bits per heavy atom. The molecule has 23 heavy (non-hydrogen) atoms. The maximum Gasteiger partial charge on any atom is 0.261 e. The van der Waals surface area contributed by atoms with Gasteiger partial charge < -0.3 is 14.8 Å². The van der Waals surface area contributed by atoms with Gasteiger partial charge in [0.15, 0.2) is 0 Å². The molecule has 1 amide bonds. The van der Waals surface area contributed by atoms with Crippen molar-refractivity contribution in [1.29, 1.82) is 5.26 Å². The van der Waals surface area contributed by atoms with Crippen molar-refractivity contribution in [2.24, 2.45) is 0 Å². The fourth-order valence-electron chi connectivity index (χ4n) is 1.82. The molecule has 5 nitrogen and oxygen atoms in total. The molecule has 0 unspecified atom stereocenters. The molecule has 0 saturated carbocycles. The number of nitriles is 1. The largest absolute Gasteiger partial charge is 0.494 e. The van der Waals surface area contributed by atoms with Gasteiger partial charge in [0.25, 0.3) is 5.91 Å². The van der Waals surface area contributed by atoms with Crippen LogP contribution < -0.4 is 10.1 Å². The van der Waals surface area contributed by atoms with Gasteiger partial charge in [-0.2, -0.15) is 5.26 Å². The van der Waals surface area contributed by atoms with Crippen LogP contribution in [0.15, 0.2) is 29.8 Å². The molecule has 0 aromatic heterocycles. The predicted octanol–water partition coefficient (Wildman–Crippen LogP) is 2.93. The van der Waals surface area contributed by atoms with Crippen LogP contribution in [0.1, 0.15) is 31.7 Å². The maximum absolute atomic E-state index is 11.9. The van der Waals surface area contributed by atoms with E-state index >= 15 is 0 Å². The van der Waals surface area contributed by atoms with Gasteiger partial charge in [0, 0.05) is 20.3 Å². The van der Waals surface area contributed by atoms with Crippen LogP contribution in [0.2, 0.25) is 0 Å². The lowest BCUT2D eigenvalue weighted by atomic mass is 10.1. The average Bonchev–Trinajstić information content (AvgIpc) is 2.58. The second-order valence-electron chi connectivity index (χ2n) is 5.04. The van der Waals surface area contributed by atoms with Crippen molar-refractivity contribution < 1.29 is 14.3 Å². The van der Waals surface area contributed by atoms with E-state index in [0.717, 1.165) is 24.2 Å². The monoisotopic (exact) mass is 316 g/mol. The summed E-state index contributed by atoms with van der Waals surface area (Å²) in [6.45, 7) is 3.86. The van der Waals surface area contributed by atoms with Gasteiger partial charge in [0.2, 0.25) is 0 Å². The highest BCUT2D eigenvalue weighted by atomic mass is 16.5. The zero-order valence-electron chi connectivity index (χ0n) is 13.8. The third-order valence-corrected chi connectivity index (χ3v) is 3.13. The van der Waals surface area contributed by atoms with E-state index in [9.17, 15) is 4.79 Å². The number of rotatable bonds is 10. The highest BCUT2D eigenvalue weighted by Crippen LogP contribution is 2.15. The topological polar surface area (TPSA) is 71.3 Å². The minimum atomic E-state index is -0.369. The first kappa shape index (κ1) is 18.7. The van der Waals surface area contributed by atoms with Crippen LogP contribution in [-0.2, 0) is 9.53 Å². The summed E-state index contributed by atoms with van der Waals surface area (Å²) in [5.74, 6) is 0.421. The standard InChI is InChI=1S/C18H24N2O3/c1-3-4-12-23-17-8-6-15(7-9-17)13-16(14-19)18(21)20-10-5-11-22-2/h6-9,13H,3-5,10-12H2,1-2H3,(H,20,21)/b16-13+. The summed E-state index contributed by atoms with van der Waals surface area (Å²) in [6, 6.07) is 9.28. The zero-order chi connectivity index (χ0) is 16.9. The van der Waals surface area contributed by atoms with Crippen molar-refractivity contribution in [2.75, 3.05) is 26.9 Å². The lowest BCUT2D eigenvalue weighted by Crippen LogP contribution is -2.26. The van der Waals surface area contributed by atoms with Crippen LogP contribution in [0.4, 0.5) is 0 Å². The highest BCUT2D eigenvalue weighted by Gasteiger charge is 2.08. The number of benzene rings is 1. The Bertz CT molecular complexity index is 544. The molecular formula is C18H24N2O3. The Morgan fingerprint density at radius 2 is 2.00 bits per heavy atom. The molecule has 0 fully saturated rings. The molecule has 0 radical (unpaired) electrons. The number of unbranched alkanes of at least 4 members (excludes halogenated alkanes) is 1. The fraction of sp³-hybridized carbons (Fsp3) is 0.444. The molecule has 0 aliphatic heterocycles. The Morgan fingerprint density at radius 3 is 2.61 bits per heavy atom. The van der Waals surface area contributed by atoms with Crippen molar-refractivity contribution in [3.05, 3.63) is 35.4 Å². The van der Waals surface area contributed by atoms with Gasteiger partial charge in [-0.3, -0.25) is 4.79 Å². The lowest BCUT2D eigenvalue weighted by molar-refractivity contribution is -0.117. The van der Waals surface area contributed by atoms with Crippen LogP contribution in [0.5, 0.6) is 5.75 Å². The van der Waals surface area contributed by atoms with Crippen LogP contribution in [0.3, 0.4) is 0 Å². The molecule has 0 bridgehead atoms. The van der Waals surface area contributed by atoms with E-state index in [2.05, 4.69) is 12.2 Å². The van der Waals surface area contributed by atoms with Gasteiger partial charge >= 0.3 is 0 Å². The fourth-order valence-corrected chi connectivity index (χ4v) is 1.82. The first-order chi connectivity index (χ1) is 11.2. The number of methoxy groups -OCH3 is 1. The Labute approximate surface area is 137 Å². The van der Waals surface area contributed by atoms with Gasteiger partial charge in [-0.15, -0.1) is 0 Å². The summed E-state index contributed by atoms with van der Waals surface area (Å²) < 4.78 is 10.5. The molecule has 0 atom stereocenters. The molecular weight excluding hydrogens is 292 g/mol. The van der Waals surface area contributed by atoms with Gasteiger partial charge in [-0.05, 0) is 36.6 Å². The minimum absolute atomic E-state index is 0.0852. The summed E-state index contributed by atoms with van der Waals surface area (Å²) in [4.78, 5) is 11.9. The van der Waals surface area contributed by atoms with E-state index in [-0.39, 0.29) is 11.5 Å². The molecule has 0 aliphatic carbocycles. The van der Waals surface area contributed by atoms with Gasteiger partial charge in [-0.1, -0.05) is 25.5 Å². The minimum Gasteiger partial charge on any atom is -0.494 e. The van der Waals surface area contributed by atoms with Crippen LogP contribution in [-0.4, -0.2) is 32.8 Å². The second-order valence-corrected chi connectivity index (χ2v) is 5.04. The third kappa shape index (κ3) is 7.48. The summed E-state index contributed by atoms with van der Waals surface area (Å²) in [7, 11) is 1.61. The predicted molar refractivity (Wildman–Crippen MR) is 89.9 cm³/mol. The summed E-state index contributed by atoms with van der Waals surface area (Å²) >= 11 is 0. The number of hydrogen-bond donors (Lipinski definition) is 1.